The van der Waals surface area contributed by atoms with Gasteiger partial charge in [-0.2, -0.15) is 0 Å². The summed E-state index contributed by atoms with van der Waals surface area (Å²) in [5.74, 6) is -0.634. The number of ether oxygens (including phenoxy) is 1. The number of hydrogen-bond acceptors (Lipinski definition) is 5. The predicted octanol–water partition coefficient (Wildman–Crippen LogP) is 3.31. The zero-order chi connectivity index (χ0) is 20.9. The highest BCUT2D eigenvalue weighted by atomic mass is 35.5. The van der Waals surface area contributed by atoms with Gasteiger partial charge in [0.15, 0.2) is 5.78 Å². The number of ketones is 1. The van der Waals surface area contributed by atoms with Crippen LogP contribution in [0.25, 0.3) is 0 Å². The van der Waals surface area contributed by atoms with E-state index in [1.165, 1.54) is 35.4 Å². The number of nitrogens with one attached hydrogen (secondary N) is 1. The van der Waals surface area contributed by atoms with Gasteiger partial charge in [-0.3, -0.25) is 9.59 Å². The second-order valence-electron chi connectivity index (χ2n) is 6.83. The first kappa shape index (κ1) is 21.5. The average molecular weight is 436 g/mol. The fourth-order valence-electron chi connectivity index (χ4n) is 3.22. The number of carbonyl (C=O) groups excluding carboxylic acids is 2. The van der Waals surface area contributed by atoms with Crippen LogP contribution in [-0.4, -0.2) is 33.3 Å². The van der Waals surface area contributed by atoms with E-state index in [1.54, 1.807) is 0 Å². The molecule has 0 fully saturated rings. The Morgan fingerprint density at radius 1 is 1.00 bits per heavy atom. The van der Waals surface area contributed by atoms with Crippen molar-refractivity contribution in [3.63, 3.8) is 0 Å². The van der Waals surface area contributed by atoms with Gasteiger partial charge in [0.25, 0.3) is 0 Å². The summed E-state index contributed by atoms with van der Waals surface area (Å²) >= 11 is 5.74. The summed E-state index contributed by atoms with van der Waals surface area (Å²) in [6.45, 7) is -0.172. The molecule has 0 radical (unpaired) electrons. The third-order valence-corrected chi connectivity index (χ3v) is 6.49. The number of Topliss-reactive ketones (excluding diaryl/α,β-unsaturated/α-hetero) is 1. The number of esters is 1. The lowest BCUT2D eigenvalue weighted by atomic mass is 10.0. The molecule has 0 saturated carbocycles. The van der Waals surface area contributed by atoms with Crippen molar-refractivity contribution in [1.82, 2.24) is 4.72 Å². The van der Waals surface area contributed by atoms with Crippen LogP contribution in [0.1, 0.15) is 40.7 Å². The van der Waals surface area contributed by atoms with Crippen molar-refractivity contribution < 1.29 is 22.7 Å². The first-order valence-corrected chi connectivity index (χ1v) is 11.3. The van der Waals surface area contributed by atoms with Gasteiger partial charge in [-0.15, -0.1) is 0 Å². The highest BCUT2D eigenvalue weighted by Crippen LogP contribution is 2.23. The monoisotopic (exact) mass is 435 g/mol. The van der Waals surface area contributed by atoms with Crippen molar-refractivity contribution in [3.8, 4) is 0 Å². The summed E-state index contributed by atoms with van der Waals surface area (Å²) in [6.07, 6.45) is 3.18. The molecule has 29 heavy (non-hydrogen) atoms. The summed E-state index contributed by atoms with van der Waals surface area (Å²) in [4.78, 5) is 24.2. The number of carbonyl (C=O) groups is 2. The zero-order valence-corrected chi connectivity index (χ0v) is 17.4. The van der Waals surface area contributed by atoms with E-state index in [9.17, 15) is 18.0 Å². The molecule has 0 aromatic heterocycles. The van der Waals surface area contributed by atoms with E-state index in [0.717, 1.165) is 19.3 Å². The lowest BCUT2D eigenvalue weighted by molar-refractivity contribution is -0.143. The second-order valence-corrected chi connectivity index (χ2v) is 9.04. The van der Waals surface area contributed by atoms with Gasteiger partial charge in [0.1, 0.15) is 6.61 Å². The highest BCUT2D eigenvalue weighted by molar-refractivity contribution is 7.89. The smallest absolute Gasteiger partial charge is 0.306 e. The van der Waals surface area contributed by atoms with E-state index < -0.39 is 16.0 Å². The van der Waals surface area contributed by atoms with Crippen molar-refractivity contribution >= 4 is 33.4 Å². The number of fused-ring (bicyclic) bond motifs is 1. The lowest BCUT2D eigenvalue weighted by Gasteiger charge is -2.08. The maximum atomic E-state index is 12.3. The molecule has 8 heteroatoms. The van der Waals surface area contributed by atoms with Crippen molar-refractivity contribution in [2.75, 3.05) is 13.2 Å². The summed E-state index contributed by atoms with van der Waals surface area (Å²) < 4.78 is 31.6. The number of hydrogen-bond donors (Lipinski definition) is 1. The van der Waals surface area contributed by atoms with Crippen molar-refractivity contribution in [2.24, 2.45) is 0 Å². The summed E-state index contributed by atoms with van der Waals surface area (Å²) in [5.41, 5.74) is 3.13. The first-order chi connectivity index (χ1) is 13.8. The van der Waals surface area contributed by atoms with Gasteiger partial charge in [0.05, 0.1) is 11.3 Å². The van der Waals surface area contributed by atoms with Crippen LogP contribution in [0, 0.1) is 0 Å². The summed E-state index contributed by atoms with van der Waals surface area (Å²) in [6, 6.07) is 11.5. The van der Waals surface area contributed by atoms with Crippen molar-refractivity contribution in [1.29, 1.82) is 0 Å². The SMILES string of the molecule is O=C(CCC(=O)c1ccc2c(c1)CCC2)OCCNS(=O)(=O)c1ccc(Cl)cc1. The minimum absolute atomic E-state index is 0.0418. The van der Waals surface area contributed by atoms with E-state index in [1.807, 2.05) is 18.2 Å². The molecular formula is C21H22ClNO5S. The fraction of sp³-hybridized carbons (Fsp3) is 0.333. The van der Waals surface area contributed by atoms with Crippen LogP contribution in [-0.2, 0) is 32.4 Å². The average Bonchev–Trinajstić information content (AvgIpc) is 3.17. The molecular weight excluding hydrogens is 414 g/mol. The Morgan fingerprint density at radius 3 is 2.48 bits per heavy atom. The largest absolute Gasteiger partial charge is 0.464 e. The molecule has 154 valence electrons. The molecule has 1 N–H and O–H groups in total. The van der Waals surface area contributed by atoms with E-state index >= 15 is 0 Å². The van der Waals surface area contributed by atoms with Gasteiger partial charge in [-0.1, -0.05) is 23.7 Å². The number of sulfonamides is 1. The second kappa shape index (κ2) is 9.52. The Labute approximate surface area is 175 Å². The molecule has 0 atom stereocenters. The molecule has 1 aliphatic carbocycles. The van der Waals surface area contributed by atoms with E-state index in [0.29, 0.717) is 10.6 Å². The quantitative estimate of drug-likeness (QED) is 0.371. The third kappa shape index (κ3) is 5.88. The summed E-state index contributed by atoms with van der Waals surface area (Å²) in [7, 11) is -3.70. The van der Waals surface area contributed by atoms with Crippen LogP contribution < -0.4 is 4.72 Å². The Balaban J connectivity index is 1.39. The minimum atomic E-state index is -3.70. The van der Waals surface area contributed by atoms with Gasteiger partial charge in [0, 0.05) is 23.6 Å². The molecule has 0 spiro atoms. The minimum Gasteiger partial charge on any atom is -0.464 e. The van der Waals surface area contributed by atoms with Crippen LogP contribution >= 0.6 is 11.6 Å². The maximum Gasteiger partial charge on any atom is 0.306 e. The normalized spacial score (nSPS) is 13.1. The molecule has 0 unspecified atom stereocenters. The number of aryl methyl sites for hydroxylation is 2. The van der Waals surface area contributed by atoms with Gasteiger partial charge in [-0.25, -0.2) is 13.1 Å². The Morgan fingerprint density at radius 2 is 1.72 bits per heavy atom. The van der Waals surface area contributed by atoms with Gasteiger partial charge in [-0.05, 0) is 60.7 Å². The Kier molecular flexibility index (Phi) is 7.05. The molecule has 0 aliphatic heterocycles. The number of rotatable bonds is 9. The number of halogens is 1. The number of benzene rings is 2. The molecule has 2 aromatic carbocycles. The molecule has 1 aliphatic rings. The van der Waals surface area contributed by atoms with Crippen molar-refractivity contribution in [3.05, 3.63) is 64.2 Å². The predicted molar refractivity (Wildman–Crippen MR) is 110 cm³/mol. The Bertz CT molecular complexity index is 1000. The van der Waals surface area contributed by atoms with E-state index in [4.69, 9.17) is 16.3 Å². The lowest BCUT2D eigenvalue weighted by Crippen LogP contribution is -2.28. The molecule has 0 heterocycles. The van der Waals surface area contributed by atoms with Crippen LogP contribution in [0.15, 0.2) is 47.4 Å². The van der Waals surface area contributed by atoms with Crippen molar-refractivity contribution in [2.45, 2.75) is 37.0 Å². The van der Waals surface area contributed by atoms with Gasteiger partial charge >= 0.3 is 5.97 Å². The molecule has 6 nitrogen and oxygen atoms in total. The summed E-state index contributed by atoms with van der Waals surface area (Å²) in [5, 5.41) is 0.437. The van der Waals surface area contributed by atoms with Gasteiger partial charge < -0.3 is 4.74 Å². The maximum absolute atomic E-state index is 12.3. The first-order valence-electron chi connectivity index (χ1n) is 9.41. The zero-order valence-electron chi connectivity index (χ0n) is 15.8. The van der Waals surface area contributed by atoms with Crippen LogP contribution in [0.5, 0.6) is 0 Å². The molecule has 0 bridgehead atoms. The Hall–Kier alpha value is -2.22. The fourth-order valence-corrected chi connectivity index (χ4v) is 4.35. The van der Waals surface area contributed by atoms with Crippen LogP contribution in [0.2, 0.25) is 5.02 Å². The van der Waals surface area contributed by atoms with E-state index in [-0.39, 0.29) is 36.7 Å². The molecule has 2 aromatic rings. The highest BCUT2D eigenvalue weighted by Gasteiger charge is 2.16. The standard InChI is InChI=1S/C21H22ClNO5S/c22-18-6-8-19(9-7-18)29(26,27)23-12-13-28-21(25)11-10-20(24)17-5-4-15-2-1-3-16(15)14-17/h4-9,14,23H,1-3,10-13H2. The third-order valence-electron chi connectivity index (χ3n) is 4.76. The van der Waals surface area contributed by atoms with E-state index in [2.05, 4.69) is 4.72 Å². The van der Waals surface area contributed by atoms with Crippen LogP contribution in [0.4, 0.5) is 0 Å². The van der Waals surface area contributed by atoms with Gasteiger partial charge in [0.2, 0.25) is 10.0 Å². The molecule has 0 amide bonds. The van der Waals surface area contributed by atoms with Crippen LogP contribution in [0.3, 0.4) is 0 Å². The molecule has 3 rings (SSSR count). The molecule has 0 saturated heterocycles. The topological polar surface area (TPSA) is 89.5 Å².